The van der Waals surface area contributed by atoms with Crippen LogP contribution in [0.1, 0.15) is 31.9 Å². The van der Waals surface area contributed by atoms with Crippen molar-refractivity contribution in [2.24, 2.45) is 0 Å². The van der Waals surface area contributed by atoms with Gasteiger partial charge in [0.25, 0.3) is 10.0 Å². The predicted molar refractivity (Wildman–Crippen MR) is 88.3 cm³/mol. The normalized spacial score (nSPS) is 12.2. The Labute approximate surface area is 131 Å². The molecule has 0 atom stereocenters. The zero-order chi connectivity index (χ0) is 16.4. The maximum atomic E-state index is 12.4. The van der Waals surface area contributed by atoms with Crippen molar-refractivity contribution in [3.05, 3.63) is 59.7 Å². The van der Waals surface area contributed by atoms with Gasteiger partial charge in [0.1, 0.15) is 0 Å². The summed E-state index contributed by atoms with van der Waals surface area (Å²) in [6, 6.07) is 13.5. The van der Waals surface area contributed by atoms with E-state index in [1.165, 1.54) is 0 Å². The van der Waals surface area contributed by atoms with Crippen molar-refractivity contribution in [1.29, 1.82) is 0 Å². The minimum atomic E-state index is -3.61. The van der Waals surface area contributed by atoms with Gasteiger partial charge in [-0.3, -0.25) is 4.72 Å². The number of rotatable bonds is 4. The quantitative estimate of drug-likeness (QED) is 0.909. The van der Waals surface area contributed by atoms with Gasteiger partial charge in [-0.1, -0.05) is 45.0 Å². The lowest BCUT2D eigenvalue weighted by atomic mass is 9.87. The van der Waals surface area contributed by atoms with E-state index in [9.17, 15) is 8.42 Å². The summed E-state index contributed by atoms with van der Waals surface area (Å²) in [5.74, 6) is 0. The van der Waals surface area contributed by atoms with Crippen molar-refractivity contribution < 1.29 is 13.5 Å². The van der Waals surface area contributed by atoms with Crippen LogP contribution in [0.25, 0.3) is 0 Å². The second-order valence-electron chi connectivity index (χ2n) is 6.23. The molecule has 0 aliphatic heterocycles. The van der Waals surface area contributed by atoms with Crippen LogP contribution in [0.4, 0.5) is 5.69 Å². The van der Waals surface area contributed by atoms with Crippen LogP contribution in [-0.2, 0) is 22.0 Å². The molecule has 2 N–H and O–H groups in total. The van der Waals surface area contributed by atoms with E-state index in [0.29, 0.717) is 5.69 Å². The molecule has 2 rings (SSSR count). The first-order valence-corrected chi connectivity index (χ1v) is 8.54. The van der Waals surface area contributed by atoms with Crippen LogP contribution >= 0.6 is 0 Å². The Morgan fingerprint density at radius 2 is 1.50 bits per heavy atom. The number of sulfonamides is 1. The van der Waals surface area contributed by atoms with Gasteiger partial charge in [0.05, 0.1) is 11.5 Å². The average molecular weight is 319 g/mol. The molecule has 2 aromatic rings. The Hall–Kier alpha value is -1.85. The first-order chi connectivity index (χ1) is 10.2. The fourth-order valence-corrected chi connectivity index (χ4v) is 3.08. The number of anilines is 1. The second-order valence-corrected chi connectivity index (χ2v) is 7.92. The van der Waals surface area contributed by atoms with Crippen LogP contribution in [-0.4, -0.2) is 13.5 Å². The minimum absolute atomic E-state index is 0.0180. The number of aliphatic hydroxyl groups is 1. The molecule has 5 heteroatoms. The highest BCUT2D eigenvalue weighted by Crippen LogP contribution is 2.24. The summed E-state index contributed by atoms with van der Waals surface area (Å²) in [4.78, 5) is 0.228. The van der Waals surface area contributed by atoms with Crippen LogP contribution in [0, 0.1) is 0 Å². The van der Waals surface area contributed by atoms with E-state index in [2.05, 4.69) is 25.5 Å². The van der Waals surface area contributed by atoms with Crippen LogP contribution in [0.3, 0.4) is 0 Å². The van der Waals surface area contributed by atoms with Gasteiger partial charge in [-0.2, -0.15) is 0 Å². The summed E-state index contributed by atoms with van der Waals surface area (Å²) in [6.07, 6.45) is 0. The van der Waals surface area contributed by atoms with E-state index in [1.54, 1.807) is 36.4 Å². The fraction of sp³-hybridized carbons (Fsp3) is 0.294. The molecule has 0 aliphatic carbocycles. The third kappa shape index (κ3) is 3.87. The summed E-state index contributed by atoms with van der Waals surface area (Å²) >= 11 is 0. The molecule has 0 radical (unpaired) electrons. The SMILES string of the molecule is CC(C)(C)c1ccc(S(=O)(=O)Nc2ccc(CO)cc2)cc1. The van der Waals surface area contributed by atoms with Gasteiger partial charge in [-0.15, -0.1) is 0 Å². The second kappa shape index (κ2) is 6.10. The lowest BCUT2D eigenvalue weighted by molar-refractivity contribution is 0.282. The highest BCUT2D eigenvalue weighted by molar-refractivity contribution is 7.92. The Kier molecular flexibility index (Phi) is 4.58. The van der Waals surface area contributed by atoms with Crippen molar-refractivity contribution in [2.75, 3.05) is 4.72 Å². The third-order valence-electron chi connectivity index (χ3n) is 3.42. The van der Waals surface area contributed by atoms with Gasteiger partial charge in [0.2, 0.25) is 0 Å². The van der Waals surface area contributed by atoms with Crippen LogP contribution < -0.4 is 4.72 Å². The first kappa shape index (κ1) is 16.5. The summed E-state index contributed by atoms with van der Waals surface area (Å²) in [6.45, 7) is 6.17. The van der Waals surface area contributed by atoms with Gasteiger partial charge >= 0.3 is 0 Å². The molecule has 0 spiro atoms. The lowest BCUT2D eigenvalue weighted by Gasteiger charge is -2.19. The van der Waals surface area contributed by atoms with Crippen molar-refractivity contribution >= 4 is 15.7 Å². The Balaban J connectivity index is 2.22. The zero-order valence-corrected chi connectivity index (χ0v) is 13.8. The molecule has 22 heavy (non-hydrogen) atoms. The molecule has 0 fully saturated rings. The standard InChI is InChI=1S/C17H21NO3S/c1-17(2,3)14-6-10-16(11-7-14)22(20,21)18-15-8-4-13(12-19)5-9-15/h4-11,18-19H,12H2,1-3H3. The molecule has 0 saturated heterocycles. The monoisotopic (exact) mass is 319 g/mol. The summed E-state index contributed by atoms with van der Waals surface area (Å²) < 4.78 is 27.2. The molecule has 118 valence electrons. The summed E-state index contributed by atoms with van der Waals surface area (Å²) in [5.41, 5.74) is 2.27. The van der Waals surface area contributed by atoms with Crippen molar-refractivity contribution in [1.82, 2.24) is 0 Å². The van der Waals surface area contributed by atoms with Crippen molar-refractivity contribution in [2.45, 2.75) is 37.7 Å². The lowest BCUT2D eigenvalue weighted by Crippen LogP contribution is -2.14. The maximum absolute atomic E-state index is 12.4. The van der Waals surface area contributed by atoms with E-state index in [4.69, 9.17) is 5.11 Å². The largest absolute Gasteiger partial charge is 0.392 e. The predicted octanol–water partition coefficient (Wildman–Crippen LogP) is 3.28. The molecule has 4 nitrogen and oxygen atoms in total. The highest BCUT2D eigenvalue weighted by atomic mass is 32.2. The first-order valence-electron chi connectivity index (χ1n) is 7.05. The molecule has 0 unspecified atom stereocenters. The van der Waals surface area contributed by atoms with Gasteiger partial charge in [0, 0.05) is 5.69 Å². The molecule has 0 aromatic heterocycles. The Bertz CT molecular complexity index is 727. The fourth-order valence-electron chi connectivity index (χ4n) is 2.03. The number of hydrogen-bond acceptors (Lipinski definition) is 3. The molecular weight excluding hydrogens is 298 g/mol. The number of nitrogens with one attached hydrogen (secondary N) is 1. The molecular formula is C17H21NO3S. The van der Waals surface area contributed by atoms with Crippen molar-refractivity contribution in [3.63, 3.8) is 0 Å². The van der Waals surface area contributed by atoms with Crippen LogP contribution in [0.2, 0.25) is 0 Å². The van der Waals surface area contributed by atoms with Gasteiger partial charge in [0.15, 0.2) is 0 Å². The minimum Gasteiger partial charge on any atom is -0.392 e. The van der Waals surface area contributed by atoms with Crippen LogP contribution in [0.5, 0.6) is 0 Å². The molecule has 0 bridgehead atoms. The van der Waals surface area contributed by atoms with E-state index in [0.717, 1.165) is 11.1 Å². The molecule has 0 saturated carbocycles. The van der Waals surface area contributed by atoms with E-state index in [1.807, 2.05) is 12.1 Å². The van der Waals surface area contributed by atoms with Crippen LogP contribution in [0.15, 0.2) is 53.4 Å². The van der Waals surface area contributed by atoms with Crippen molar-refractivity contribution in [3.8, 4) is 0 Å². The Morgan fingerprint density at radius 3 is 1.95 bits per heavy atom. The van der Waals surface area contributed by atoms with Gasteiger partial charge < -0.3 is 5.11 Å². The number of aliphatic hydroxyl groups excluding tert-OH is 1. The van der Waals surface area contributed by atoms with E-state index < -0.39 is 10.0 Å². The molecule has 0 heterocycles. The summed E-state index contributed by atoms with van der Waals surface area (Å²) in [5, 5.41) is 8.99. The average Bonchev–Trinajstić information content (AvgIpc) is 2.47. The molecule has 2 aromatic carbocycles. The topological polar surface area (TPSA) is 66.4 Å². The van der Waals surface area contributed by atoms with Gasteiger partial charge in [-0.05, 0) is 40.8 Å². The number of hydrogen-bond donors (Lipinski definition) is 2. The highest BCUT2D eigenvalue weighted by Gasteiger charge is 2.17. The Morgan fingerprint density at radius 1 is 0.955 bits per heavy atom. The number of benzene rings is 2. The molecule has 0 amide bonds. The maximum Gasteiger partial charge on any atom is 0.261 e. The third-order valence-corrected chi connectivity index (χ3v) is 4.82. The van der Waals surface area contributed by atoms with Gasteiger partial charge in [-0.25, -0.2) is 8.42 Å². The summed E-state index contributed by atoms with van der Waals surface area (Å²) in [7, 11) is -3.61. The van der Waals surface area contributed by atoms with E-state index >= 15 is 0 Å². The smallest absolute Gasteiger partial charge is 0.261 e. The zero-order valence-electron chi connectivity index (χ0n) is 13.0. The van der Waals surface area contributed by atoms with E-state index in [-0.39, 0.29) is 16.9 Å². The molecule has 0 aliphatic rings.